The van der Waals surface area contributed by atoms with Gasteiger partial charge in [-0.25, -0.2) is 0 Å². The minimum atomic E-state index is 0.425. The molecule has 114 valence electrons. The van der Waals surface area contributed by atoms with E-state index in [0.29, 0.717) is 11.0 Å². The molecule has 2 atom stereocenters. The van der Waals surface area contributed by atoms with Crippen molar-refractivity contribution in [2.45, 2.75) is 72.8 Å². The first-order valence-corrected chi connectivity index (χ1v) is 8.31. The SMILES string of the molecule is CC(C)=CCC/C(C)=C/CN1C[C@H]2CC[C@]1(C)C2(C)C. The summed E-state index contributed by atoms with van der Waals surface area (Å²) in [7, 11) is 0. The molecule has 1 aliphatic carbocycles. The zero-order valence-corrected chi connectivity index (χ0v) is 14.4. The van der Waals surface area contributed by atoms with Gasteiger partial charge in [0.15, 0.2) is 0 Å². The number of rotatable bonds is 5. The van der Waals surface area contributed by atoms with Gasteiger partial charge in [-0.1, -0.05) is 37.1 Å². The van der Waals surface area contributed by atoms with Gasteiger partial charge in [-0.15, -0.1) is 0 Å². The summed E-state index contributed by atoms with van der Waals surface area (Å²) in [5.41, 5.74) is 3.90. The highest BCUT2D eigenvalue weighted by atomic mass is 15.3. The van der Waals surface area contributed by atoms with Crippen LogP contribution >= 0.6 is 0 Å². The van der Waals surface area contributed by atoms with Gasteiger partial charge in [-0.3, -0.25) is 4.90 Å². The molecule has 2 fully saturated rings. The molecule has 0 unspecified atom stereocenters. The fraction of sp³-hybridized carbons (Fsp3) is 0.789. The van der Waals surface area contributed by atoms with Gasteiger partial charge in [0.2, 0.25) is 0 Å². The van der Waals surface area contributed by atoms with E-state index in [9.17, 15) is 0 Å². The van der Waals surface area contributed by atoms with Crippen LogP contribution in [0.3, 0.4) is 0 Å². The Balaban J connectivity index is 1.91. The van der Waals surface area contributed by atoms with E-state index >= 15 is 0 Å². The average Bonchev–Trinajstić information content (AvgIpc) is 2.68. The van der Waals surface area contributed by atoms with Crippen molar-refractivity contribution in [2.24, 2.45) is 11.3 Å². The number of likely N-dealkylation sites (tertiary alicyclic amines) is 1. The van der Waals surface area contributed by atoms with Gasteiger partial charge in [0.1, 0.15) is 0 Å². The van der Waals surface area contributed by atoms with E-state index in [0.717, 1.165) is 12.5 Å². The highest BCUT2D eigenvalue weighted by molar-refractivity contribution is 5.15. The molecule has 20 heavy (non-hydrogen) atoms. The lowest BCUT2D eigenvalue weighted by molar-refractivity contribution is 0.0931. The second-order valence-electron chi connectivity index (χ2n) is 8.01. The van der Waals surface area contributed by atoms with Crippen LogP contribution in [0.25, 0.3) is 0 Å². The lowest BCUT2D eigenvalue weighted by Crippen LogP contribution is -2.47. The maximum Gasteiger partial charge on any atom is 0.0239 e. The second kappa shape index (κ2) is 5.67. The third-order valence-electron chi connectivity index (χ3n) is 6.28. The Bertz CT molecular complexity index is 411. The number of fused-ring (bicyclic) bond motifs is 2. The lowest BCUT2D eigenvalue weighted by Gasteiger charge is -2.41. The van der Waals surface area contributed by atoms with Gasteiger partial charge in [0.05, 0.1) is 0 Å². The number of nitrogens with zero attached hydrogens (tertiary/aromatic N) is 1. The summed E-state index contributed by atoms with van der Waals surface area (Å²) in [5, 5.41) is 0. The van der Waals surface area contributed by atoms with Gasteiger partial charge in [-0.2, -0.15) is 0 Å². The maximum atomic E-state index is 2.74. The Morgan fingerprint density at radius 1 is 1.15 bits per heavy atom. The van der Waals surface area contributed by atoms with Crippen LogP contribution in [0.5, 0.6) is 0 Å². The van der Waals surface area contributed by atoms with Crippen molar-refractivity contribution >= 4 is 0 Å². The molecule has 1 saturated heterocycles. The highest BCUT2D eigenvalue weighted by Crippen LogP contribution is 2.58. The van der Waals surface area contributed by atoms with Crippen LogP contribution in [-0.4, -0.2) is 23.5 Å². The molecular formula is C19H33N. The van der Waals surface area contributed by atoms with Crippen molar-refractivity contribution in [3.05, 3.63) is 23.3 Å². The van der Waals surface area contributed by atoms with Crippen LogP contribution in [0.1, 0.15) is 67.2 Å². The van der Waals surface area contributed by atoms with Gasteiger partial charge < -0.3 is 0 Å². The topological polar surface area (TPSA) is 3.24 Å². The van der Waals surface area contributed by atoms with Gasteiger partial charge in [0, 0.05) is 18.6 Å². The summed E-state index contributed by atoms with van der Waals surface area (Å²) in [6, 6.07) is 0. The minimum Gasteiger partial charge on any atom is -0.293 e. The van der Waals surface area contributed by atoms with Crippen molar-refractivity contribution < 1.29 is 0 Å². The fourth-order valence-corrected chi connectivity index (χ4v) is 4.16. The summed E-state index contributed by atoms with van der Waals surface area (Å²) in [6.07, 6.45) is 10.0. The van der Waals surface area contributed by atoms with E-state index in [1.165, 1.54) is 37.8 Å². The molecule has 1 heterocycles. The first kappa shape index (κ1) is 15.8. The monoisotopic (exact) mass is 275 g/mol. The van der Waals surface area contributed by atoms with Crippen LogP contribution in [0.15, 0.2) is 23.3 Å². The van der Waals surface area contributed by atoms with Gasteiger partial charge in [0.25, 0.3) is 0 Å². The zero-order chi connectivity index (χ0) is 15.0. The standard InChI is InChI=1S/C19H33N/c1-15(2)8-7-9-16(3)11-13-20-14-17-10-12-19(20,6)18(17,4)5/h8,11,17H,7,9-10,12-14H2,1-6H3/b16-11+/t17-,19-/m1/s1. The molecule has 2 rings (SSSR count). The third kappa shape index (κ3) is 2.74. The van der Waals surface area contributed by atoms with Crippen molar-refractivity contribution in [1.29, 1.82) is 0 Å². The molecular weight excluding hydrogens is 242 g/mol. The Hall–Kier alpha value is -0.560. The van der Waals surface area contributed by atoms with Crippen LogP contribution in [0, 0.1) is 11.3 Å². The molecule has 2 aliphatic rings. The van der Waals surface area contributed by atoms with E-state index in [1.54, 1.807) is 5.57 Å². The average molecular weight is 275 g/mol. The predicted octanol–water partition coefficient (Wildman–Crippen LogP) is 5.19. The third-order valence-corrected chi connectivity index (χ3v) is 6.28. The Morgan fingerprint density at radius 3 is 2.35 bits per heavy atom. The van der Waals surface area contributed by atoms with Gasteiger partial charge >= 0.3 is 0 Å². The molecule has 0 aromatic rings. The lowest BCUT2D eigenvalue weighted by atomic mass is 9.75. The van der Waals surface area contributed by atoms with Crippen LogP contribution in [0.4, 0.5) is 0 Å². The first-order valence-electron chi connectivity index (χ1n) is 8.31. The Labute approximate surface area is 126 Å². The van der Waals surface area contributed by atoms with Crippen molar-refractivity contribution in [3.8, 4) is 0 Å². The van der Waals surface area contributed by atoms with Crippen molar-refractivity contribution in [1.82, 2.24) is 4.90 Å². The molecule has 0 aromatic heterocycles. The molecule has 1 heteroatoms. The molecule has 0 N–H and O–H groups in total. The summed E-state index contributed by atoms with van der Waals surface area (Å²) < 4.78 is 0. The normalized spacial score (nSPS) is 32.7. The number of hydrogen-bond donors (Lipinski definition) is 0. The van der Waals surface area contributed by atoms with Crippen LogP contribution in [-0.2, 0) is 0 Å². The molecule has 2 bridgehead atoms. The number of piperidine rings is 1. The molecule has 1 nitrogen and oxygen atoms in total. The highest BCUT2D eigenvalue weighted by Gasteiger charge is 2.59. The molecule has 0 spiro atoms. The summed E-state index contributed by atoms with van der Waals surface area (Å²) in [4.78, 5) is 2.74. The zero-order valence-electron chi connectivity index (χ0n) is 14.4. The second-order valence-corrected chi connectivity index (χ2v) is 8.01. The molecule has 1 aliphatic heterocycles. The minimum absolute atomic E-state index is 0.425. The quantitative estimate of drug-likeness (QED) is 0.624. The largest absolute Gasteiger partial charge is 0.293 e. The predicted molar refractivity (Wildman–Crippen MR) is 88.9 cm³/mol. The van der Waals surface area contributed by atoms with Crippen LogP contribution < -0.4 is 0 Å². The Morgan fingerprint density at radius 2 is 1.85 bits per heavy atom. The number of allylic oxidation sites excluding steroid dienone is 3. The van der Waals surface area contributed by atoms with E-state index in [4.69, 9.17) is 0 Å². The molecule has 0 amide bonds. The number of hydrogen-bond acceptors (Lipinski definition) is 1. The summed E-state index contributed by atoms with van der Waals surface area (Å²) in [5.74, 6) is 0.909. The smallest absolute Gasteiger partial charge is 0.0239 e. The summed E-state index contributed by atoms with van der Waals surface area (Å²) >= 11 is 0. The molecule has 1 saturated carbocycles. The van der Waals surface area contributed by atoms with Gasteiger partial charge in [-0.05, 0) is 64.7 Å². The summed E-state index contributed by atoms with van der Waals surface area (Å²) in [6.45, 7) is 16.6. The molecule has 0 radical (unpaired) electrons. The molecule has 0 aromatic carbocycles. The van der Waals surface area contributed by atoms with E-state index in [1.807, 2.05) is 0 Å². The first-order chi connectivity index (χ1) is 9.27. The van der Waals surface area contributed by atoms with E-state index in [-0.39, 0.29) is 0 Å². The van der Waals surface area contributed by atoms with Crippen molar-refractivity contribution in [3.63, 3.8) is 0 Å². The van der Waals surface area contributed by atoms with Crippen LogP contribution in [0.2, 0.25) is 0 Å². The maximum absolute atomic E-state index is 2.74. The van der Waals surface area contributed by atoms with E-state index < -0.39 is 0 Å². The van der Waals surface area contributed by atoms with E-state index in [2.05, 4.69) is 58.6 Å². The Kier molecular flexibility index (Phi) is 4.49. The van der Waals surface area contributed by atoms with Crippen molar-refractivity contribution in [2.75, 3.05) is 13.1 Å². The fourth-order valence-electron chi connectivity index (χ4n) is 4.16.